The number of nitrogens with one attached hydrogen (secondary N) is 3. The molecule has 0 unspecified atom stereocenters. The minimum atomic E-state index is -0.424. The zero-order valence-electron chi connectivity index (χ0n) is 19.9. The number of morpholine rings is 1. The summed E-state index contributed by atoms with van der Waals surface area (Å²) >= 11 is 0. The molecule has 1 saturated carbocycles. The van der Waals surface area contributed by atoms with Crippen LogP contribution >= 0.6 is 0 Å². The Balaban J connectivity index is 1.30. The number of halogens is 1. The number of nitrogens with zero attached hydrogens (tertiary/aromatic N) is 1. The second kappa shape index (κ2) is 9.30. The Labute approximate surface area is 202 Å². The Bertz CT molecular complexity index is 1230. The van der Waals surface area contributed by atoms with Gasteiger partial charge in [0.1, 0.15) is 5.82 Å². The molecule has 8 nitrogen and oxygen atoms in total. The second-order valence-electron chi connectivity index (χ2n) is 9.48. The van der Waals surface area contributed by atoms with E-state index in [0.29, 0.717) is 72.1 Å². The van der Waals surface area contributed by atoms with Crippen molar-refractivity contribution in [3.05, 3.63) is 52.1 Å². The van der Waals surface area contributed by atoms with Crippen LogP contribution in [0.4, 0.5) is 10.1 Å². The summed E-state index contributed by atoms with van der Waals surface area (Å²) in [5, 5.41) is 5.84. The van der Waals surface area contributed by atoms with Crippen molar-refractivity contribution >= 4 is 35.1 Å². The lowest BCUT2D eigenvalue weighted by Crippen LogP contribution is -2.43. The number of hydrogen-bond acceptors (Lipinski definition) is 4. The van der Waals surface area contributed by atoms with Crippen LogP contribution < -0.4 is 10.6 Å². The highest BCUT2D eigenvalue weighted by Gasteiger charge is 2.34. The third-order valence-electron chi connectivity index (χ3n) is 7.20. The van der Waals surface area contributed by atoms with Gasteiger partial charge in [-0.3, -0.25) is 14.4 Å². The zero-order chi connectivity index (χ0) is 24.7. The standard InChI is InChI=1S/C26H29FN4O4/c1-14-22(13-20-19-12-17(27)4-6-21(19)30-24(20)32)28-15(2)23(14)25(33)29-18-5-3-16(11-18)26(34)31-7-9-35-10-8-31/h4,6,12-13,16,18,28H,3,5,7-11H2,1-2H3,(H,29,33)(H,30,32)/b20-13-/t16-,18+/m0/s1. The lowest BCUT2D eigenvalue weighted by Gasteiger charge is -2.29. The van der Waals surface area contributed by atoms with Gasteiger partial charge in [0.15, 0.2) is 0 Å². The predicted octanol–water partition coefficient (Wildman–Crippen LogP) is 3.02. The number of ether oxygens (including phenoxy) is 1. The van der Waals surface area contributed by atoms with E-state index >= 15 is 0 Å². The number of carbonyl (C=O) groups is 3. The normalized spacial score (nSPS) is 22.9. The number of aromatic nitrogens is 1. The molecule has 1 aromatic carbocycles. The highest BCUT2D eigenvalue weighted by molar-refractivity contribution is 6.34. The summed E-state index contributed by atoms with van der Waals surface area (Å²) in [6, 6.07) is 4.10. The number of aromatic amines is 1. The predicted molar refractivity (Wildman–Crippen MR) is 129 cm³/mol. The maximum Gasteiger partial charge on any atom is 0.256 e. The molecule has 0 spiro atoms. The van der Waals surface area contributed by atoms with Gasteiger partial charge in [-0.05, 0) is 62.9 Å². The summed E-state index contributed by atoms with van der Waals surface area (Å²) in [5.41, 5.74) is 3.95. The first-order valence-corrected chi connectivity index (χ1v) is 12.0. The zero-order valence-corrected chi connectivity index (χ0v) is 19.9. The number of fused-ring (bicyclic) bond motifs is 1. The van der Waals surface area contributed by atoms with E-state index in [1.54, 1.807) is 6.08 Å². The molecule has 1 saturated heterocycles. The molecule has 2 aliphatic heterocycles. The molecule has 3 aliphatic rings. The molecule has 0 radical (unpaired) electrons. The van der Waals surface area contributed by atoms with Crippen LogP contribution in [0.15, 0.2) is 18.2 Å². The van der Waals surface area contributed by atoms with Crippen molar-refractivity contribution in [3.8, 4) is 0 Å². The summed E-state index contributed by atoms with van der Waals surface area (Å²) in [5.74, 6) is -0.863. The van der Waals surface area contributed by atoms with Gasteiger partial charge in [0.25, 0.3) is 11.8 Å². The van der Waals surface area contributed by atoms with Crippen LogP contribution in [0, 0.1) is 25.6 Å². The van der Waals surface area contributed by atoms with Gasteiger partial charge in [0, 0.05) is 47.7 Å². The third-order valence-corrected chi connectivity index (χ3v) is 7.20. The number of aryl methyl sites for hydroxylation is 1. The summed E-state index contributed by atoms with van der Waals surface area (Å²) in [6.07, 6.45) is 3.80. The first kappa shape index (κ1) is 23.3. The van der Waals surface area contributed by atoms with E-state index in [-0.39, 0.29) is 29.7 Å². The number of anilines is 1. The van der Waals surface area contributed by atoms with E-state index in [0.717, 1.165) is 12.8 Å². The molecule has 2 fully saturated rings. The molecule has 184 valence electrons. The van der Waals surface area contributed by atoms with Gasteiger partial charge in [-0.15, -0.1) is 0 Å². The van der Waals surface area contributed by atoms with Gasteiger partial charge in [-0.1, -0.05) is 0 Å². The number of amides is 3. The molecule has 35 heavy (non-hydrogen) atoms. The van der Waals surface area contributed by atoms with E-state index in [1.807, 2.05) is 18.7 Å². The van der Waals surface area contributed by atoms with Crippen molar-refractivity contribution in [2.75, 3.05) is 31.6 Å². The second-order valence-corrected chi connectivity index (χ2v) is 9.48. The Hall–Kier alpha value is -3.46. The molecule has 3 N–H and O–H groups in total. The minimum Gasteiger partial charge on any atom is -0.378 e. The molecule has 3 amide bonds. The van der Waals surface area contributed by atoms with E-state index < -0.39 is 5.82 Å². The first-order chi connectivity index (χ1) is 16.8. The number of benzene rings is 1. The highest BCUT2D eigenvalue weighted by atomic mass is 19.1. The van der Waals surface area contributed by atoms with Gasteiger partial charge in [-0.25, -0.2) is 4.39 Å². The molecule has 9 heteroatoms. The molecular formula is C26H29FN4O4. The molecule has 2 atom stereocenters. The van der Waals surface area contributed by atoms with Gasteiger partial charge in [-0.2, -0.15) is 0 Å². The smallest absolute Gasteiger partial charge is 0.256 e. The van der Waals surface area contributed by atoms with Crippen LogP contribution in [0.25, 0.3) is 11.6 Å². The Morgan fingerprint density at radius 1 is 1.20 bits per heavy atom. The lowest BCUT2D eigenvalue weighted by molar-refractivity contribution is -0.139. The van der Waals surface area contributed by atoms with Crippen LogP contribution in [0.5, 0.6) is 0 Å². The van der Waals surface area contributed by atoms with Crippen LogP contribution in [0.1, 0.15) is 52.1 Å². The van der Waals surface area contributed by atoms with Gasteiger partial charge in [0.2, 0.25) is 5.91 Å². The SMILES string of the molecule is Cc1[nH]c(/C=C2\C(=O)Nc3ccc(F)cc32)c(C)c1C(=O)N[C@@H]1CC[C@H](C(=O)N2CCOCC2)C1. The van der Waals surface area contributed by atoms with E-state index in [2.05, 4.69) is 15.6 Å². The summed E-state index contributed by atoms with van der Waals surface area (Å²) in [7, 11) is 0. The summed E-state index contributed by atoms with van der Waals surface area (Å²) in [6.45, 7) is 6.04. The quantitative estimate of drug-likeness (QED) is 0.586. The first-order valence-electron chi connectivity index (χ1n) is 12.0. The fourth-order valence-corrected chi connectivity index (χ4v) is 5.34. The monoisotopic (exact) mass is 480 g/mol. The fraction of sp³-hybridized carbons (Fsp3) is 0.423. The summed E-state index contributed by atoms with van der Waals surface area (Å²) in [4.78, 5) is 43.5. The van der Waals surface area contributed by atoms with Crippen molar-refractivity contribution in [1.29, 1.82) is 0 Å². The molecular weight excluding hydrogens is 451 g/mol. The molecule has 3 heterocycles. The van der Waals surface area contributed by atoms with Crippen LogP contribution in [0.3, 0.4) is 0 Å². The number of H-pyrrole nitrogens is 1. The average molecular weight is 481 g/mol. The van der Waals surface area contributed by atoms with Crippen LogP contribution in [0.2, 0.25) is 0 Å². The molecule has 5 rings (SSSR count). The maximum atomic E-state index is 13.8. The molecule has 1 aliphatic carbocycles. The fourth-order valence-electron chi connectivity index (χ4n) is 5.34. The van der Waals surface area contributed by atoms with Gasteiger partial charge in [0.05, 0.1) is 24.4 Å². The minimum absolute atomic E-state index is 0.0662. The van der Waals surface area contributed by atoms with Crippen molar-refractivity contribution < 1.29 is 23.5 Å². The van der Waals surface area contributed by atoms with Crippen molar-refractivity contribution in [2.45, 2.75) is 39.2 Å². The summed E-state index contributed by atoms with van der Waals surface area (Å²) < 4.78 is 19.1. The molecule has 2 aromatic rings. The Kier molecular flexibility index (Phi) is 6.19. The third kappa shape index (κ3) is 4.48. The average Bonchev–Trinajstić information content (AvgIpc) is 3.50. The van der Waals surface area contributed by atoms with Crippen molar-refractivity contribution in [1.82, 2.24) is 15.2 Å². The Morgan fingerprint density at radius 3 is 2.74 bits per heavy atom. The number of carbonyl (C=O) groups excluding carboxylic acids is 3. The molecule has 0 bridgehead atoms. The molecule has 1 aromatic heterocycles. The number of hydrogen-bond donors (Lipinski definition) is 3. The maximum absolute atomic E-state index is 13.8. The van der Waals surface area contributed by atoms with Crippen molar-refractivity contribution in [2.24, 2.45) is 5.92 Å². The van der Waals surface area contributed by atoms with Gasteiger partial charge >= 0.3 is 0 Å². The highest BCUT2D eigenvalue weighted by Crippen LogP contribution is 2.34. The van der Waals surface area contributed by atoms with E-state index in [4.69, 9.17) is 4.74 Å². The van der Waals surface area contributed by atoms with Crippen LogP contribution in [-0.2, 0) is 14.3 Å². The van der Waals surface area contributed by atoms with E-state index in [9.17, 15) is 18.8 Å². The topological polar surface area (TPSA) is 104 Å². The van der Waals surface area contributed by atoms with Crippen LogP contribution in [-0.4, -0.2) is 60.0 Å². The largest absolute Gasteiger partial charge is 0.378 e. The number of rotatable bonds is 4. The lowest BCUT2D eigenvalue weighted by atomic mass is 10.0. The van der Waals surface area contributed by atoms with E-state index in [1.165, 1.54) is 18.2 Å². The van der Waals surface area contributed by atoms with Gasteiger partial charge < -0.3 is 25.3 Å². The Morgan fingerprint density at radius 2 is 1.97 bits per heavy atom. The van der Waals surface area contributed by atoms with Crippen molar-refractivity contribution in [3.63, 3.8) is 0 Å².